The number of nitrogens with zero attached hydrogens (tertiary/aromatic N) is 1. The van der Waals surface area contributed by atoms with Gasteiger partial charge in [-0.1, -0.05) is 0 Å². The molecule has 3 N–H and O–H groups in total. The van der Waals surface area contributed by atoms with E-state index in [2.05, 4.69) is 20.8 Å². The molecule has 1 aliphatic rings. The van der Waals surface area contributed by atoms with Gasteiger partial charge in [-0.2, -0.15) is 5.10 Å². The lowest BCUT2D eigenvalue weighted by molar-refractivity contribution is -0.119. The number of nitrogens with one attached hydrogen (secondary N) is 3. The Hall–Kier alpha value is -1.36. The Bertz CT molecular complexity index is 327. The number of aromatic amines is 1. The van der Waals surface area contributed by atoms with Gasteiger partial charge in [-0.05, 0) is 19.9 Å². The van der Waals surface area contributed by atoms with Crippen LogP contribution in [0.1, 0.15) is 12.0 Å². The van der Waals surface area contributed by atoms with E-state index in [1.807, 2.05) is 6.92 Å². The first-order valence-electron chi connectivity index (χ1n) is 4.79. The lowest BCUT2D eigenvalue weighted by atomic mass is 10.1. The van der Waals surface area contributed by atoms with Gasteiger partial charge in [0.15, 0.2) is 0 Å². The summed E-state index contributed by atoms with van der Waals surface area (Å²) >= 11 is 0. The van der Waals surface area contributed by atoms with Crippen molar-refractivity contribution in [1.29, 1.82) is 0 Å². The van der Waals surface area contributed by atoms with Crippen LogP contribution in [-0.4, -0.2) is 29.2 Å². The molecule has 2 heterocycles. The second-order valence-corrected chi connectivity index (χ2v) is 3.61. The Morgan fingerprint density at radius 3 is 3.14 bits per heavy atom. The number of H-pyrrole nitrogens is 1. The van der Waals surface area contributed by atoms with Crippen molar-refractivity contribution in [3.8, 4) is 0 Å². The molecule has 5 heteroatoms. The van der Waals surface area contributed by atoms with Crippen LogP contribution in [0.25, 0.3) is 0 Å². The molecule has 1 fully saturated rings. The maximum absolute atomic E-state index is 11.7. The Labute approximate surface area is 82.3 Å². The molecule has 1 aliphatic heterocycles. The molecule has 0 bridgehead atoms. The minimum atomic E-state index is 0.0716. The van der Waals surface area contributed by atoms with Crippen LogP contribution >= 0.6 is 0 Å². The number of aromatic nitrogens is 2. The van der Waals surface area contributed by atoms with Crippen LogP contribution in [0.5, 0.6) is 0 Å². The van der Waals surface area contributed by atoms with Crippen molar-refractivity contribution in [2.75, 3.05) is 18.4 Å². The minimum Gasteiger partial charge on any atom is -0.316 e. The number of hydrogen-bond donors (Lipinski definition) is 3. The fourth-order valence-electron chi connectivity index (χ4n) is 1.58. The van der Waals surface area contributed by atoms with Gasteiger partial charge in [0, 0.05) is 12.1 Å². The molecule has 0 spiro atoms. The second-order valence-electron chi connectivity index (χ2n) is 3.61. The van der Waals surface area contributed by atoms with Crippen LogP contribution in [0.3, 0.4) is 0 Å². The van der Waals surface area contributed by atoms with Crippen LogP contribution in [-0.2, 0) is 4.79 Å². The molecule has 1 saturated heterocycles. The van der Waals surface area contributed by atoms with E-state index in [1.165, 1.54) is 0 Å². The minimum absolute atomic E-state index is 0.0716. The van der Waals surface area contributed by atoms with Crippen LogP contribution in [0, 0.1) is 12.8 Å². The Morgan fingerprint density at radius 1 is 1.71 bits per heavy atom. The summed E-state index contributed by atoms with van der Waals surface area (Å²) in [6.45, 7) is 3.62. The summed E-state index contributed by atoms with van der Waals surface area (Å²) in [5.41, 5.74) is 0.962. The molecule has 0 saturated carbocycles. The van der Waals surface area contributed by atoms with Gasteiger partial charge in [0.2, 0.25) is 5.91 Å². The molecule has 0 aromatic carbocycles. The summed E-state index contributed by atoms with van der Waals surface area (Å²) < 4.78 is 0. The summed E-state index contributed by atoms with van der Waals surface area (Å²) in [4.78, 5) is 11.7. The van der Waals surface area contributed by atoms with Crippen LogP contribution < -0.4 is 10.6 Å². The molecule has 0 radical (unpaired) electrons. The quantitative estimate of drug-likeness (QED) is 0.632. The molecule has 1 unspecified atom stereocenters. The highest BCUT2D eigenvalue weighted by molar-refractivity contribution is 5.92. The van der Waals surface area contributed by atoms with Crippen LogP contribution in [0.2, 0.25) is 0 Å². The van der Waals surface area contributed by atoms with Crippen LogP contribution in [0.4, 0.5) is 5.82 Å². The van der Waals surface area contributed by atoms with Crippen LogP contribution in [0.15, 0.2) is 6.20 Å². The summed E-state index contributed by atoms with van der Waals surface area (Å²) in [5, 5.41) is 12.6. The van der Waals surface area contributed by atoms with Gasteiger partial charge in [-0.3, -0.25) is 9.89 Å². The average Bonchev–Trinajstić information content (AvgIpc) is 2.77. The van der Waals surface area contributed by atoms with E-state index >= 15 is 0 Å². The number of hydrogen-bond acceptors (Lipinski definition) is 3. The van der Waals surface area contributed by atoms with Gasteiger partial charge in [0.1, 0.15) is 5.82 Å². The number of amides is 1. The Morgan fingerprint density at radius 2 is 2.57 bits per heavy atom. The molecule has 5 nitrogen and oxygen atoms in total. The number of rotatable bonds is 2. The SMILES string of the molecule is Cc1cn[nH]c1NC(=O)C1CCNC1. The number of carbonyl (C=O) groups excluding carboxylic acids is 1. The highest BCUT2D eigenvalue weighted by atomic mass is 16.2. The number of aryl methyl sites for hydroxylation is 1. The number of anilines is 1. The standard InChI is InChI=1S/C9H14N4O/c1-6-4-11-13-8(6)12-9(14)7-2-3-10-5-7/h4,7,10H,2-3,5H2,1H3,(H2,11,12,13,14). The van der Waals surface area contributed by atoms with Gasteiger partial charge in [0.25, 0.3) is 0 Å². The third-order valence-corrected chi connectivity index (χ3v) is 2.51. The van der Waals surface area contributed by atoms with Crippen molar-refractivity contribution in [2.24, 2.45) is 5.92 Å². The first-order valence-corrected chi connectivity index (χ1v) is 4.79. The third kappa shape index (κ3) is 1.77. The van der Waals surface area contributed by atoms with E-state index < -0.39 is 0 Å². The Balaban J connectivity index is 1.97. The molecule has 1 amide bonds. The van der Waals surface area contributed by atoms with E-state index in [1.54, 1.807) is 6.20 Å². The lowest BCUT2D eigenvalue weighted by Gasteiger charge is -2.08. The zero-order chi connectivity index (χ0) is 9.97. The van der Waals surface area contributed by atoms with E-state index in [-0.39, 0.29) is 11.8 Å². The highest BCUT2D eigenvalue weighted by Crippen LogP contribution is 2.13. The van der Waals surface area contributed by atoms with E-state index in [9.17, 15) is 4.79 Å². The van der Waals surface area contributed by atoms with Gasteiger partial charge < -0.3 is 10.6 Å². The second kappa shape index (κ2) is 3.79. The smallest absolute Gasteiger partial charge is 0.229 e. The molecular weight excluding hydrogens is 180 g/mol. The first-order chi connectivity index (χ1) is 6.77. The van der Waals surface area contributed by atoms with E-state index in [4.69, 9.17) is 0 Å². The first kappa shape index (κ1) is 9.21. The van der Waals surface area contributed by atoms with E-state index in [0.29, 0.717) is 5.82 Å². The highest BCUT2D eigenvalue weighted by Gasteiger charge is 2.22. The maximum Gasteiger partial charge on any atom is 0.229 e. The molecule has 1 aromatic heterocycles. The molecule has 0 aliphatic carbocycles. The zero-order valence-corrected chi connectivity index (χ0v) is 8.13. The predicted molar refractivity (Wildman–Crippen MR) is 52.9 cm³/mol. The lowest BCUT2D eigenvalue weighted by Crippen LogP contribution is -2.25. The predicted octanol–water partition coefficient (Wildman–Crippen LogP) is 0.266. The molecule has 14 heavy (non-hydrogen) atoms. The molecule has 2 rings (SSSR count). The average molecular weight is 194 g/mol. The van der Waals surface area contributed by atoms with Crippen molar-refractivity contribution in [3.63, 3.8) is 0 Å². The number of carbonyl (C=O) groups is 1. The largest absolute Gasteiger partial charge is 0.316 e. The van der Waals surface area contributed by atoms with Gasteiger partial charge >= 0.3 is 0 Å². The molecule has 76 valence electrons. The monoisotopic (exact) mass is 194 g/mol. The Kier molecular flexibility index (Phi) is 2.49. The fourth-order valence-corrected chi connectivity index (χ4v) is 1.58. The fraction of sp³-hybridized carbons (Fsp3) is 0.556. The maximum atomic E-state index is 11.7. The normalized spacial score (nSPS) is 21.1. The summed E-state index contributed by atoms with van der Waals surface area (Å²) in [7, 11) is 0. The third-order valence-electron chi connectivity index (χ3n) is 2.51. The molecule has 1 aromatic rings. The summed E-state index contributed by atoms with van der Waals surface area (Å²) in [6, 6.07) is 0. The van der Waals surface area contributed by atoms with Crippen molar-refractivity contribution in [2.45, 2.75) is 13.3 Å². The van der Waals surface area contributed by atoms with Gasteiger partial charge in [-0.15, -0.1) is 0 Å². The van der Waals surface area contributed by atoms with E-state index in [0.717, 1.165) is 25.1 Å². The van der Waals surface area contributed by atoms with Gasteiger partial charge in [0.05, 0.1) is 12.1 Å². The van der Waals surface area contributed by atoms with Crippen molar-refractivity contribution < 1.29 is 4.79 Å². The van der Waals surface area contributed by atoms with Gasteiger partial charge in [-0.25, -0.2) is 0 Å². The molecular formula is C9H14N4O. The van der Waals surface area contributed by atoms with Crippen molar-refractivity contribution in [3.05, 3.63) is 11.8 Å². The summed E-state index contributed by atoms with van der Waals surface area (Å²) in [5.74, 6) is 0.877. The van der Waals surface area contributed by atoms with Crippen molar-refractivity contribution >= 4 is 11.7 Å². The van der Waals surface area contributed by atoms with Crippen molar-refractivity contribution in [1.82, 2.24) is 15.5 Å². The molecule has 1 atom stereocenters. The topological polar surface area (TPSA) is 69.8 Å². The summed E-state index contributed by atoms with van der Waals surface area (Å²) in [6.07, 6.45) is 2.61. The zero-order valence-electron chi connectivity index (χ0n) is 8.13.